The van der Waals surface area contributed by atoms with Gasteiger partial charge in [0, 0.05) is 35.0 Å². The molecule has 1 aromatic rings. The van der Waals surface area contributed by atoms with Crippen LogP contribution in [-0.2, 0) is 33.3 Å². The average molecular weight is 658 g/mol. The summed E-state index contributed by atoms with van der Waals surface area (Å²) in [5, 5.41) is 14.9. The van der Waals surface area contributed by atoms with Gasteiger partial charge in [0.1, 0.15) is 30.7 Å². The number of benzene rings is 1. The molecule has 11 nitrogen and oxygen atoms in total. The molecule has 39 heavy (non-hydrogen) atoms. The quantitative estimate of drug-likeness (QED) is 0.240. The van der Waals surface area contributed by atoms with Gasteiger partial charge in [-0.05, 0) is 74.1 Å². The number of carbonyl (C=O) groups is 4. The van der Waals surface area contributed by atoms with E-state index in [2.05, 4.69) is 33.2 Å². The molecule has 1 aromatic carbocycles. The third-order valence-electron chi connectivity index (χ3n) is 5.95. The number of halogens is 1. The molecule has 4 unspecified atom stereocenters. The summed E-state index contributed by atoms with van der Waals surface area (Å²) in [5.41, 5.74) is 0.158. The second kappa shape index (κ2) is 14.2. The van der Waals surface area contributed by atoms with E-state index in [0.29, 0.717) is 11.1 Å². The molecule has 3 rings (SSSR count). The molecule has 12 heteroatoms. The second-order valence-electron chi connectivity index (χ2n) is 10.3. The van der Waals surface area contributed by atoms with Gasteiger partial charge in [-0.2, -0.15) is 0 Å². The van der Waals surface area contributed by atoms with Gasteiger partial charge in [0.05, 0.1) is 18.2 Å². The van der Waals surface area contributed by atoms with Crippen LogP contribution in [0.25, 0.3) is 0 Å². The summed E-state index contributed by atoms with van der Waals surface area (Å²) < 4.78 is 23.0. The average Bonchev–Trinajstić information content (AvgIpc) is 3.34. The molecule has 2 aliphatic rings. The summed E-state index contributed by atoms with van der Waals surface area (Å²) in [6.45, 7) is 5.03. The van der Waals surface area contributed by atoms with Crippen molar-refractivity contribution in [3.05, 3.63) is 45.0 Å². The van der Waals surface area contributed by atoms with Crippen molar-refractivity contribution in [3.63, 3.8) is 0 Å². The number of carbonyl (C=O) groups excluding carboxylic acids is 4. The van der Waals surface area contributed by atoms with E-state index in [9.17, 15) is 24.3 Å². The molecule has 0 radical (unpaired) electrons. The minimum atomic E-state index is -0.716. The number of rotatable bonds is 11. The van der Waals surface area contributed by atoms with Gasteiger partial charge < -0.3 is 34.7 Å². The number of nitrogens with one attached hydrogen (secondary N) is 2. The zero-order valence-corrected chi connectivity index (χ0v) is 24.4. The molecule has 0 bridgehead atoms. The lowest BCUT2D eigenvalue weighted by Crippen LogP contribution is -2.44. The fourth-order valence-corrected chi connectivity index (χ4v) is 4.69. The number of amides is 2. The van der Waals surface area contributed by atoms with Gasteiger partial charge in [0.25, 0.3) is 0 Å². The normalized spacial score (nSPS) is 21.3. The van der Waals surface area contributed by atoms with Crippen LogP contribution in [0.1, 0.15) is 56.8 Å². The monoisotopic (exact) mass is 658 g/mol. The van der Waals surface area contributed by atoms with Crippen LogP contribution in [0.15, 0.2) is 35.9 Å². The van der Waals surface area contributed by atoms with E-state index in [0.717, 1.165) is 3.57 Å². The van der Waals surface area contributed by atoms with Crippen molar-refractivity contribution >= 4 is 46.3 Å². The summed E-state index contributed by atoms with van der Waals surface area (Å²) in [5.74, 6) is -1.72. The van der Waals surface area contributed by atoms with Crippen molar-refractivity contribution in [1.29, 1.82) is 0 Å². The first kappa shape index (κ1) is 31.0. The van der Waals surface area contributed by atoms with Gasteiger partial charge in [-0.15, -0.1) is 0 Å². The number of hydrogen-bond acceptors (Lipinski definition) is 9. The van der Waals surface area contributed by atoms with Crippen LogP contribution in [0.2, 0.25) is 0 Å². The van der Waals surface area contributed by atoms with E-state index >= 15 is 0 Å². The molecule has 1 aliphatic carbocycles. The second-order valence-corrected chi connectivity index (χ2v) is 11.6. The molecule has 1 heterocycles. The predicted molar refractivity (Wildman–Crippen MR) is 147 cm³/mol. The van der Waals surface area contributed by atoms with Crippen LogP contribution in [0.5, 0.6) is 0 Å². The highest BCUT2D eigenvalue weighted by Gasteiger charge is 2.42. The summed E-state index contributed by atoms with van der Waals surface area (Å²) in [6, 6.07) is 6.38. The maximum atomic E-state index is 12.8. The van der Waals surface area contributed by atoms with Crippen LogP contribution in [0, 0.1) is 3.57 Å². The van der Waals surface area contributed by atoms with Crippen LogP contribution in [0.4, 0.5) is 0 Å². The zero-order valence-electron chi connectivity index (χ0n) is 22.2. The van der Waals surface area contributed by atoms with Gasteiger partial charge in [-0.1, -0.05) is 6.07 Å². The molecule has 1 aliphatic heterocycles. The number of esters is 2. The van der Waals surface area contributed by atoms with Gasteiger partial charge in [0.15, 0.2) is 0 Å². The SMILES string of the molecule is CC(C)(C)OC(=O)CCC(CO)NC(=O)CCNC(=O)C1=CC2OCOC2C(OC(=O)c2cccc(I)c2)C1. The number of fused-ring (bicyclic) bond motifs is 1. The third kappa shape index (κ3) is 9.85. The Hall–Kier alpha value is -2.55. The summed E-state index contributed by atoms with van der Waals surface area (Å²) in [7, 11) is 0. The third-order valence-corrected chi connectivity index (χ3v) is 6.62. The van der Waals surface area contributed by atoms with Gasteiger partial charge in [0.2, 0.25) is 11.8 Å². The maximum absolute atomic E-state index is 12.8. The molecule has 0 spiro atoms. The van der Waals surface area contributed by atoms with E-state index in [-0.39, 0.29) is 51.5 Å². The molecule has 1 saturated heterocycles. The maximum Gasteiger partial charge on any atom is 0.338 e. The Morgan fingerprint density at radius 2 is 1.95 bits per heavy atom. The lowest BCUT2D eigenvalue weighted by molar-refractivity contribution is -0.155. The first-order chi connectivity index (χ1) is 18.4. The van der Waals surface area contributed by atoms with E-state index in [1.54, 1.807) is 45.0 Å². The fraction of sp³-hybridized carbons (Fsp3) is 0.556. The Morgan fingerprint density at radius 3 is 2.64 bits per heavy atom. The van der Waals surface area contributed by atoms with Crippen molar-refractivity contribution in [1.82, 2.24) is 10.6 Å². The lowest BCUT2D eigenvalue weighted by Gasteiger charge is -2.30. The smallest absolute Gasteiger partial charge is 0.338 e. The Balaban J connectivity index is 1.47. The Morgan fingerprint density at radius 1 is 1.18 bits per heavy atom. The fourth-order valence-electron chi connectivity index (χ4n) is 4.14. The molecule has 214 valence electrons. The number of hydrogen-bond donors (Lipinski definition) is 3. The highest BCUT2D eigenvalue weighted by atomic mass is 127. The minimum absolute atomic E-state index is 0.0259. The Bertz CT molecular complexity index is 1090. The van der Waals surface area contributed by atoms with Crippen LogP contribution < -0.4 is 10.6 Å². The standard InChI is InChI=1S/C27H35IN2O9/c1-27(2,3)39-23(33)8-7-19(14-31)30-22(32)9-10-29-25(34)17-12-20-24(37-15-36-20)21(13-17)38-26(35)16-5-4-6-18(28)11-16/h4-6,11-12,19-21,24,31H,7-10,13-15H2,1-3H3,(H,29,34)(H,30,32). The van der Waals surface area contributed by atoms with Crippen LogP contribution >= 0.6 is 22.6 Å². The summed E-state index contributed by atoms with van der Waals surface area (Å²) in [6.07, 6.45) is 0.268. The van der Waals surface area contributed by atoms with Crippen molar-refractivity contribution in [2.45, 2.75) is 76.4 Å². The van der Waals surface area contributed by atoms with Gasteiger partial charge in [-0.25, -0.2) is 4.79 Å². The van der Waals surface area contributed by atoms with Crippen LogP contribution in [0.3, 0.4) is 0 Å². The molecule has 0 saturated carbocycles. The van der Waals surface area contributed by atoms with E-state index in [1.165, 1.54) is 0 Å². The Labute approximate surface area is 241 Å². The van der Waals surface area contributed by atoms with Crippen molar-refractivity contribution in [3.8, 4) is 0 Å². The molecule has 4 atom stereocenters. The first-order valence-electron chi connectivity index (χ1n) is 12.8. The highest BCUT2D eigenvalue weighted by Crippen LogP contribution is 2.30. The largest absolute Gasteiger partial charge is 0.460 e. The number of aliphatic hydroxyl groups is 1. The van der Waals surface area contributed by atoms with E-state index in [4.69, 9.17) is 18.9 Å². The number of ether oxygens (including phenoxy) is 4. The van der Waals surface area contributed by atoms with E-state index < -0.39 is 47.8 Å². The summed E-state index contributed by atoms with van der Waals surface area (Å²) in [4.78, 5) is 49.8. The first-order valence-corrected chi connectivity index (χ1v) is 13.8. The molecule has 2 amide bonds. The van der Waals surface area contributed by atoms with Gasteiger partial charge >= 0.3 is 11.9 Å². The Kier molecular flexibility index (Phi) is 11.3. The summed E-state index contributed by atoms with van der Waals surface area (Å²) >= 11 is 2.11. The van der Waals surface area contributed by atoms with Crippen molar-refractivity contribution < 1.29 is 43.2 Å². The van der Waals surface area contributed by atoms with Crippen molar-refractivity contribution in [2.24, 2.45) is 0 Å². The molecule has 0 aromatic heterocycles. The zero-order chi connectivity index (χ0) is 28.6. The predicted octanol–water partition coefficient (Wildman–Crippen LogP) is 1.99. The molecule has 1 fully saturated rings. The topological polar surface area (TPSA) is 149 Å². The molecule has 3 N–H and O–H groups in total. The number of aliphatic hydroxyl groups excluding tert-OH is 1. The van der Waals surface area contributed by atoms with Gasteiger partial charge in [-0.3, -0.25) is 14.4 Å². The lowest BCUT2D eigenvalue weighted by atomic mass is 9.91. The minimum Gasteiger partial charge on any atom is -0.460 e. The molecular weight excluding hydrogens is 623 g/mol. The van der Waals surface area contributed by atoms with Crippen molar-refractivity contribution in [2.75, 3.05) is 19.9 Å². The van der Waals surface area contributed by atoms with Crippen LogP contribution in [-0.4, -0.2) is 78.8 Å². The van der Waals surface area contributed by atoms with E-state index in [1.807, 2.05) is 6.07 Å². The molecular formula is C27H35IN2O9. The highest BCUT2D eigenvalue weighted by molar-refractivity contribution is 14.1.